The lowest BCUT2D eigenvalue weighted by molar-refractivity contribution is -0.395. The van der Waals surface area contributed by atoms with Gasteiger partial charge < -0.3 is 0 Å². The van der Waals surface area contributed by atoms with Crippen LogP contribution in [0.3, 0.4) is 0 Å². The number of benzene rings is 2. The number of nitrogens with zero attached hydrogens (tertiary/aromatic N) is 3. The Balaban J connectivity index is 1.98. The van der Waals surface area contributed by atoms with Crippen LogP contribution in [0.4, 0.5) is 16.5 Å². The van der Waals surface area contributed by atoms with E-state index in [1.165, 1.54) is 18.3 Å². The van der Waals surface area contributed by atoms with Gasteiger partial charge in [0.05, 0.1) is 25.6 Å². The number of anilines is 1. The minimum absolute atomic E-state index is 0.105. The summed E-state index contributed by atoms with van der Waals surface area (Å²) in [4.78, 5) is 37.4. The summed E-state index contributed by atoms with van der Waals surface area (Å²) in [6.07, 6.45) is 0. The molecule has 0 saturated heterocycles. The number of carbonyl (C=O) groups excluding carboxylic acids is 1. The number of nitrogens with one attached hydrogen (secondary N) is 1. The largest absolute Gasteiger partial charge is 0.298 e. The Hall–Kier alpha value is -3.40. The topological polar surface area (TPSA) is 128 Å². The lowest BCUT2D eigenvalue weighted by atomic mass is 10.1. The number of amides is 1. The third-order valence-electron chi connectivity index (χ3n) is 3.77. The minimum Gasteiger partial charge on any atom is -0.298 e. The number of hydrogen-bond donors (Lipinski definition) is 1. The molecule has 9 nitrogen and oxygen atoms in total. The predicted molar refractivity (Wildman–Crippen MR) is 96.8 cm³/mol. The first-order valence-corrected chi connectivity index (χ1v) is 8.20. The lowest BCUT2D eigenvalue weighted by Crippen LogP contribution is -2.13. The average Bonchev–Trinajstić information content (AvgIpc) is 2.95. The van der Waals surface area contributed by atoms with Crippen molar-refractivity contribution < 1.29 is 14.6 Å². The number of thiazole rings is 1. The van der Waals surface area contributed by atoms with E-state index in [4.69, 9.17) is 0 Å². The van der Waals surface area contributed by atoms with Crippen LogP contribution in [0.15, 0.2) is 30.3 Å². The van der Waals surface area contributed by atoms with Crippen molar-refractivity contribution in [2.45, 2.75) is 13.8 Å². The second-order valence-corrected chi connectivity index (χ2v) is 6.63. The highest BCUT2D eigenvalue weighted by atomic mass is 32.1. The van der Waals surface area contributed by atoms with Crippen molar-refractivity contribution in [1.29, 1.82) is 0 Å². The maximum Gasteiger partial charge on any atom is 0.279 e. The summed E-state index contributed by atoms with van der Waals surface area (Å²) in [7, 11) is 0. The Morgan fingerprint density at radius 2 is 1.69 bits per heavy atom. The normalized spacial score (nSPS) is 10.7. The summed E-state index contributed by atoms with van der Waals surface area (Å²) in [5.41, 5.74) is 0.505. The van der Waals surface area contributed by atoms with Crippen LogP contribution in [0, 0.1) is 34.1 Å². The Morgan fingerprint density at radius 1 is 1.08 bits per heavy atom. The molecule has 26 heavy (non-hydrogen) atoms. The molecule has 2 aromatic carbocycles. The van der Waals surface area contributed by atoms with Gasteiger partial charge in [-0.15, -0.1) is 0 Å². The summed E-state index contributed by atoms with van der Waals surface area (Å²) >= 11 is 1.25. The van der Waals surface area contributed by atoms with Crippen molar-refractivity contribution in [3.8, 4) is 0 Å². The number of nitro groups is 2. The van der Waals surface area contributed by atoms with Gasteiger partial charge in [0.1, 0.15) is 5.56 Å². The summed E-state index contributed by atoms with van der Waals surface area (Å²) in [5.74, 6) is -0.702. The molecule has 0 spiro atoms. The molecule has 0 unspecified atom stereocenters. The average molecular weight is 372 g/mol. The summed E-state index contributed by atoms with van der Waals surface area (Å²) in [5, 5.41) is 25.1. The van der Waals surface area contributed by atoms with E-state index < -0.39 is 27.1 Å². The zero-order chi connectivity index (χ0) is 19.0. The molecule has 0 aliphatic heterocycles. The second kappa shape index (κ2) is 6.48. The first-order valence-electron chi connectivity index (χ1n) is 7.38. The van der Waals surface area contributed by atoms with E-state index in [0.29, 0.717) is 10.6 Å². The van der Waals surface area contributed by atoms with E-state index in [2.05, 4.69) is 10.3 Å². The van der Waals surface area contributed by atoms with Crippen molar-refractivity contribution >= 4 is 44.0 Å². The van der Waals surface area contributed by atoms with Crippen LogP contribution >= 0.6 is 11.3 Å². The number of aryl methyl sites for hydroxylation is 1. The fourth-order valence-corrected chi connectivity index (χ4v) is 3.41. The number of nitro benzene ring substituents is 2. The third-order valence-corrected chi connectivity index (χ3v) is 4.71. The smallest absolute Gasteiger partial charge is 0.279 e. The van der Waals surface area contributed by atoms with Gasteiger partial charge in [0.2, 0.25) is 0 Å². The molecule has 0 bridgehead atoms. The minimum atomic E-state index is -0.750. The molecule has 0 saturated carbocycles. The van der Waals surface area contributed by atoms with Gasteiger partial charge in [-0.05, 0) is 31.5 Å². The molecule has 0 fully saturated rings. The quantitative estimate of drug-likeness (QED) is 0.545. The van der Waals surface area contributed by atoms with Gasteiger partial charge in [-0.25, -0.2) is 4.98 Å². The van der Waals surface area contributed by atoms with Crippen LogP contribution in [-0.4, -0.2) is 20.7 Å². The standard InChI is InChI=1S/C16H12N4O5S/c1-8-3-4-11-14(5-8)26-16(17-11)18-15(21)10-6-12(19(22)23)9(2)13(7-10)20(24)25/h3-7H,1-2H3,(H,17,18,21). The molecule has 0 radical (unpaired) electrons. The van der Waals surface area contributed by atoms with Crippen molar-refractivity contribution in [3.05, 3.63) is 67.3 Å². The number of hydrogen-bond acceptors (Lipinski definition) is 7. The van der Waals surface area contributed by atoms with E-state index in [9.17, 15) is 25.0 Å². The number of rotatable bonds is 4. The highest BCUT2D eigenvalue weighted by molar-refractivity contribution is 7.22. The molecule has 1 N–H and O–H groups in total. The maximum atomic E-state index is 12.4. The van der Waals surface area contributed by atoms with Crippen LogP contribution in [0.2, 0.25) is 0 Å². The molecule has 132 valence electrons. The maximum absolute atomic E-state index is 12.4. The monoisotopic (exact) mass is 372 g/mol. The molecule has 10 heteroatoms. The number of fused-ring (bicyclic) bond motifs is 1. The first-order chi connectivity index (χ1) is 12.3. The molecular weight excluding hydrogens is 360 g/mol. The van der Waals surface area contributed by atoms with E-state index in [-0.39, 0.29) is 11.1 Å². The molecular formula is C16H12N4O5S. The van der Waals surface area contributed by atoms with Crippen LogP contribution in [0.1, 0.15) is 21.5 Å². The molecule has 3 aromatic rings. The van der Waals surface area contributed by atoms with Gasteiger partial charge in [-0.1, -0.05) is 17.4 Å². The lowest BCUT2D eigenvalue weighted by Gasteiger charge is -2.04. The van der Waals surface area contributed by atoms with Crippen molar-refractivity contribution in [3.63, 3.8) is 0 Å². The van der Waals surface area contributed by atoms with E-state index in [1.54, 1.807) is 0 Å². The van der Waals surface area contributed by atoms with Crippen molar-refractivity contribution in [1.82, 2.24) is 4.98 Å². The van der Waals surface area contributed by atoms with Gasteiger partial charge in [0, 0.05) is 12.1 Å². The van der Waals surface area contributed by atoms with Gasteiger partial charge in [-0.2, -0.15) is 0 Å². The zero-order valence-electron chi connectivity index (χ0n) is 13.7. The van der Waals surface area contributed by atoms with Crippen LogP contribution in [-0.2, 0) is 0 Å². The molecule has 3 rings (SSSR count). The molecule has 0 aliphatic carbocycles. The van der Waals surface area contributed by atoms with Crippen molar-refractivity contribution in [2.75, 3.05) is 5.32 Å². The zero-order valence-corrected chi connectivity index (χ0v) is 14.5. The third kappa shape index (κ3) is 3.22. The summed E-state index contributed by atoms with van der Waals surface area (Å²) < 4.78 is 0.876. The first kappa shape index (κ1) is 17.4. The Labute approximate surface area is 150 Å². The van der Waals surface area contributed by atoms with E-state index in [0.717, 1.165) is 22.4 Å². The summed E-state index contributed by atoms with van der Waals surface area (Å²) in [6.45, 7) is 3.20. The highest BCUT2D eigenvalue weighted by Crippen LogP contribution is 2.31. The fourth-order valence-electron chi connectivity index (χ4n) is 2.45. The van der Waals surface area contributed by atoms with Crippen LogP contribution in [0.25, 0.3) is 10.2 Å². The number of carbonyl (C=O) groups is 1. The molecule has 1 aromatic heterocycles. The second-order valence-electron chi connectivity index (χ2n) is 5.60. The van der Waals surface area contributed by atoms with Gasteiger partial charge in [0.25, 0.3) is 17.3 Å². The molecule has 1 amide bonds. The Kier molecular flexibility index (Phi) is 4.34. The van der Waals surface area contributed by atoms with Crippen LogP contribution in [0.5, 0.6) is 0 Å². The molecule has 0 atom stereocenters. The predicted octanol–water partition coefficient (Wildman–Crippen LogP) is 3.98. The molecule has 1 heterocycles. The van der Waals surface area contributed by atoms with Gasteiger partial charge in [-0.3, -0.25) is 30.3 Å². The van der Waals surface area contributed by atoms with Gasteiger partial charge >= 0.3 is 0 Å². The SMILES string of the molecule is Cc1ccc2nc(NC(=O)c3cc([N+](=O)[O-])c(C)c([N+](=O)[O-])c3)sc2c1. The highest BCUT2D eigenvalue weighted by Gasteiger charge is 2.25. The van der Waals surface area contributed by atoms with Crippen LogP contribution < -0.4 is 5.32 Å². The Morgan fingerprint density at radius 3 is 2.27 bits per heavy atom. The van der Waals surface area contributed by atoms with E-state index >= 15 is 0 Å². The fraction of sp³-hybridized carbons (Fsp3) is 0.125. The molecule has 0 aliphatic rings. The Bertz CT molecular complexity index is 1040. The summed E-state index contributed by atoms with van der Waals surface area (Å²) in [6, 6.07) is 7.67. The van der Waals surface area contributed by atoms with Crippen molar-refractivity contribution in [2.24, 2.45) is 0 Å². The van der Waals surface area contributed by atoms with E-state index in [1.807, 2.05) is 25.1 Å². The van der Waals surface area contributed by atoms with Gasteiger partial charge in [0.15, 0.2) is 5.13 Å². The number of aromatic nitrogens is 1.